The van der Waals surface area contributed by atoms with Crippen LogP contribution in [0.2, 0.25) is 0 Å². The number of primary amides is 1. The lowest BCUT2D eigenvalue weighted by Crippen LogP contribution is -2.47. The summed E-state index contributed by atoms with van der Waals surface area (Å²) >= 11 is 0. The van der Waals surface area contributed by atoms with E-state index in [-0.39, 0.29) is 23.9 Å². The number of rotatable bonds is 5. The Kier molecular flexibility index (Phi) is 6.23. The molecule has 2 atom stereocenters. The summed E-state index contributed by atoms with van der Waals surface area (Å²) in [6.45, 7) is 7.64. The third kappa shape index (κ3) is 4.73. The fourth-order valence-corrected chi connectivity index (χ4v) is 3.46. The molecule has 132 valence electrons. The van der Waals surface area contributed by atoms with Gasteiger partial charge in [0.25, 0.3) is 0 Å². The van der Waals surface area contributed by atoms with Crippen molar-refractivity contribution < 1.29 is 9.59 Å². The predicted molar refractivity (Wildman–Crippen MR) is 95.4 cm³/mol. The number of hydrogen-bond acceptors (Lipinski definition) is 2. The van der Waals surface area contributed by atoms with E-state index in [1.807, 2.05) is 17.0 Å². The van der Waals surface area contributed by atoms with Crippen LogP contribution in [0.25, 0.3) is 0 Å². The van der Waals surface area contributed by atoms with Crippen LogP contribution in [0.1, 0.15) is 50.3 Å². The van der Waals surface area contributed by atoms with Crippen molar-refractivity contribution in [1.82, 2.24) is 10.2 Å². The van der Waals surface area contributed by atoms with Crippen LogP contribution in [0, 0.1) is 18.8 Å². The summed E-state index contributed by atoms with van der Waals surface area (Å²) in [7, 11) is 0. The Morgan fingerprint density at radius 1 is 1.33 bits per heavy atom. The molecule has 0 saturated carbocycles. The van der Waals surface area contributed by atoms with Gasteiger partial charge in [0.2, 0.25) is 5.91 Å². The Labute approximate surface area is 144 Å². The van der Waals surface area contributed by atoms with Crippen molar-refractivity contribution in [2.24, 2.45) is 17.6 Å². The van der Waals surface area contributed by atoms with Crippen molar-refractivity contribution in [2.45, 2.75) is 46.1 Å². The SMILES string of the molecule is Cc1ccccc1[C@H](NC(=O)N1CCC[C@H](CC(N)=O)C1)C(C)C. The van der Waals surface area contributed by atoms with Crippen LogP contribution in [-0.4, -0.2) is 29.9 Å². The van der Waals surface area contributed by atoms with Gasteiger partial charge >= 0.3 is 6.03 Å². The molecule has 3 N–H and O–H groups in total. The van der Waals surface area contributed by atoms with Crippen LogP contribution in [-0.2, 0) is 4.79 Å². The van der Waals surface area contributed by atoms with E-state index in [1.54, 1.807) is 0 Å². The summed E-state index contributed by atoms with van der Waals surface area (Å²) in [4.78, 5) is 25.7. The van der Waals surface area contributed by atoms with Crippen LogP contribution in [0.4, 0.5) is 4.79 Å². The van der Waals surface area contributed by atoms with Crippen molar-refractivity contribution in [3.8, 4) is 0 Å². The Morgan fingerprint density at radius 2 is 2.04 bits per heavy atom. The summed E-state index contributed by atoms with van der Waals surface area (Å²) in [5.41, 5.74) is 7.64. The molecule has 1 aromatic carbocycles. The molecule has 1 aliphatic heterocycles. The number of urea groups is 1. The van der Waals surface area contributed by atoms with Gasteiger partial charge in [0.15, 0.2) is 0 Å². The molecule has 0 spiro atoms. The van der Waals surface area contributed by atoms with E-state index in [0.29, 0.717) is 18.9 Å². The zero-order valence-corrected chi connectivity index (χ0v) is 14.9. The molecule has 5 nitrogen and oxygen atoms in total. The molecule has 1 fully saturated rings. The highest BCUT2D eigenvalue weighted by Crippen LogP contribution is 2.26. The molecule has 0 aliphatic carbocycles. The fraction of sp³-hybridized carbons (Fsp3) is 0.579. The number of amides is 3. The second-order valence-corrected chi connectivity index (χ2v) is 7.15. The number of hydrogen-bond donors (Lipinski definition) is 2. The molecule has 0 bridgehead atoms. The van der Waals surface area contributed by atoms with Crippen LogP contribution in [0.15, 0.2) is 24.3 Å². The fourth-order valence-electron chi connectivity index (χ4n) is 3.46. The molecular weight excluding hydrogens is 302 g/mol. The molecule has 1 aliphatic rings. The van der Waals surface area contributed by atoms with Crippen LogP contribution >= 0.6 is 0 Å². The normalized spacial score (nSPS) is 19.2. The maximum Gasteiger partial charge on any atom is 0.317 e. The second kappa shape index (κ2) is 8.18. The van der Waals surface area contributed by atoms with Crippen molar-refractivity contribution in [3.63, 3.8) is 0 Å². The summed E-state index contributed by atoms with van der Waals surface area (Å²) in [6.07, 6.45) is 2.23. The summed E-state index contributed by atoms with van der Waals surface area (Å²) in [6, 6.07) is 8.10. The first-order valence-corrected chi connectivity index (χ1v) is 8.77. The lowest BCUT2D eigenvalue weighted by Gasteiger charge is -2.34. The molecule has 3 amide bonds. The topological polar surface area (TPSA) is 75.4 Å². The highest BCUT2D eigenvalue weighted by molar-refractivity contribution is 5.76. The first kappa shape index (κ1) is 18.3. The van der Waals surface area contributed by atoms with E-state index in [1.165, 1.54) is 5.56 Å². The number of nitrogens with one attached hydrogen (secondary N) is 1. The standard InChI is InChI=1S/C19H29N3O2/c1-13(2)18(16-9-5-4-7-14(16)3)21-19(24)22-10-6-8-15(12-22)11-17(20)23/h4-5,7,9,13,15,18H,6,8,10-12H2,1-3H3,(H2,20,23)(H,21,24)/t15-,18-/m1/s1. The molecule has 0 aromatic heterocycles. The molecule has 0 radical (unpaired) electrons. The van der Waals surface area contributed by atoms with Gasteiger partial charge in [-0.05, 0) is 42.7 Å². The second-order valence-electron chi connectivity index (χ2n) is 7.15. The minimum absolute atomic E-state index is 0.0183. The van der Waals surface area contributed by atoms with Crippen LogP contribution in [0.5, 0.6) is 0 Å². The highest BCUT2D eigenvalue weighted by atomic mass is 16.2. The van der Waals surface area contributed by atoms with Crippen LogP contribution in [0.3, 0.4) is 0 Å². The van der Waals surface area contributed by atoms with Gasteiger partial charge in [0.1, 0.15) is 0 Å². The molecule has 2 rings (SSSR count). The van der Waals surface area contributed by atoms with Gasteiger partial charge < -0.3 is 16.0 Å². The number of carbonyl (C=O) groups is 2. The van der Waals surface area contributed by atoms with Crippen LogP contribution < -0.4 is 11.1 Å². The highest BCUT2D eigenvalue weighted by Gasteiger charge is 2.27. The number of nitrogens with zero attached hydrogens (tertiary/aromatic N) is 1. The van der Waals surface area contributed by atoms with Gasteiger partial charge in [0.05, 0.1) is 6.04 Å². The van der Waals surface area contributed by atoms with E-state index >= 15 is 0 Å². The molecular formula is C19H29N3O2. The first-order chi connectivity index (χ1) is 11.4. The zero-order valence-electron chi connectivity index (χ0n) is 14.9. The molecule has 0 unspecified atom stereocenters. The number of piperidine rings is 1. The Balaban J connectivity index is 2.05. The minimum Gasteiger partial charge on any atom is -0.370 e. The maximum absolute atomic E-state index is 12.7. The van der Waals surface area contributed by atoms with Crippen molar-refractivity contribution in [2.75, 3.05) is 13.1 Å². The molecule has 24 heavy (non-hydrogen) atoms. The molecule has 5 heteroatoms. The molecule has 1 saturated heterocycles. The Bertz CT molecular complexity index is 586. The van der Waals surface area contributed by atoms with E-state index in [9.17, 15) is 9.59 Å². The molecule has 1 aromatic rings. The van der Waals surface area contributed by atoms with Crippen molar-refractivity contribution in [3.05, 3.63) is 35.4 Å². The maximum atomic E-state index is 12.7. The number of aryl methyl sites for hydroxylation is 1. The van der Waals surface area contributed by atoms with Gasteiger partial charge in [-0.3, -0.25) is 4.79 Å². The van der Waals surface area contributed by atoms with Gasteiger partial charge in [-0.15, -0.1) is 0 Å². The van der Waals surface area contributed by atoms with E-state index < -0.39 is 0 Å². The summed E-state index contributed by atoms with van der Waals surface area (Å²) < 4.78 is 0. The van der Waals surface area contributed by atoms with E-state index in [0.717, 1.165) is 24.9 Å². The zero-order chi connectivity index (χ0) is 17.7. The van der Waals surface area contributed by atoms with Gasteiger partial charge in [-0.1, -0.05) is 38.1 Å². The van der Waals surface area contributed by atoms with E-state index in [4.69, 9.17) is 5.73 Å². The largest absolute Gasteiger partial charge is 0.370 e. The number of nitrogens with two attached hydrogens (primary N) is 1. The number of benzene rings is 1. The van der Waals surface area contributed by atoms with Gasteiger partial charge in [0, 0.05) is 19.5 Å². The quantitative estimate of drug-likeness (QED) is 0.870. The summed E-state index contributed by atoms with van der Waals surface area (Å²) in [5.74, 6) is 0.182. The van der Waals surface area contributed by atoms with Crippen molar-refractivity contribution >= 4 is 11.9 Å². The number of likely N-dealkylation sites (tertiary alicyclic amines) is 1. The average molecular weight is 331 g/mol. The lowest BCUT2D eigenvalue weighted by atomic mass is 9.92. The lowest BCUT2D eigenvalue weighted by molar-refractivity contribution is -0.119. The monoisotopic (exact) mass is 331 g/mol. The predicted octanol–water partition coefficient (Wildman–Crippen LogP) is 2.99. The Morgan fingerprint density at radius 3 is 2.67 bits per heavy atom. The first-order valence-electron chi connectivity index (χ1n) is 8.77. The van der Waals surface area contributed by atoms with E-state index in [2.05, 4.69) is 38.2 Å². The smallest absolute Gasteiger partial charge is 0.317 e. The third-order valence-corrected chi connectivity index (χ3v) is 4.77. The van der Waals surface area contributed by atoms with Gasteiger partial charge in [-0.25, -0.2) is 4.79 Å². The summed E-state index contributed by atoms with van der Waals surface area (Å²) in [5, 5.41) is 3.19. The minimum atomic E-state index is -0.290. The Hall–Kier alpha value is -2.04. The van der Waals surface area contributed by atoms with Gasteiger partial charge in [-0.2, -0.15) is 0 Å². The third-order valence-electron chi connectivity index (χ3n) is 4.77. The number of carbonyl (C=O) groups excluding carboxylic acids is 2. The van der Waals surface area contributed by atoms with Crippen molar-refractivity contribution in [1.29, 1.82) is 0 Å². The average Bonchev–Trinajstić information content (AvgIpc) is 2.52. The molecule has 1 heterocycles.